The fraction of sp³-hybridized carbons (Fsp3) is 0.909. The molecule has 0 rings (SSSR count). The van der Waals surface area contributed by atoms with Gasteiger partial charge in [0.05, 0.1) is 0 Å². The molecule has 8 nitrogen and oxygen atoms in total. The van der Waals surface area contributed by atoms with Gasteiger partial charge in [-0.2, -0.15) is 0 Å². The van der Waals surface area contributed by atoms with Crippen LogP contribution in [0.15, 0.2) is 0 Å². The van der Waals surface area contributed by atoms with E-state index in [1.807, 2.05) is 48.5 Å². The molecule has 0 bridgehead atoms. The molecule has 0 heterocycles. The van der Waals surface area contributed by atoms with Crippen molar-refractivity contribution < 1.29 is 19.1 Å². The van der Waals surface area contributed by atoms with E-state index in [0.717, 1.165) is 45.3 Å². The number of carbonyl (C=O) groups excluding carboxylic acids is 2. The van der Waals surface area contributed by atoms with E-state index in [1.165, 1.54) is 0 Å². The Morgan fingerprint density at radius 1 is 0.833 bits per heavy atom. The van der Waals surface area contributed by atoms with E-state index in [9.17, 15) is 9.59 Å². The highest BCUT2D eigenvalue weighted by Gasteiger charge is 2.21. The Morgan fingerprint density at radius 3 is 1.90 bits per heavy atom. The first-order valence-corrected chi connectivity index (χ1v) is 11.2. The van der Waals surface area contributed by atoms with Gasteiger partial charge >= 0.3 is 12.2 Å². The van der Waals surface area contributed by atoms with Gasteiger partial charge in [0.15, 0.2) is 0 Å². The Morgan fingerprint density at radius 2 is 1.43 bits per heavy atom. The average Bonchev–Trinajstić information content (AvgIpc) is 2.59. The first kappa shape index (κ1) is 30.7. The maximum absolute atomic E-state index is 11.7. The molecule has 0 spiro atoms. The molecule has 0 aliphatic rings. The van der Waals surface area contributed by atoms with Gasteiger partial charge in [0.25, 0.3) is 0 Å². The number of carbonyl (C=O) groups is 2. The zero-order valence-corrected chi connectivity index (χ0v) is 20.7. The number of rotatable bonds is 11. The predicted molar refractivity (Wildman–Crippen MR) is 124 cm³/mol. The summed E-state index contributed by atoms with van der Waals surface area (Å²) < 4.78 is 10.4. The standard InChI is InChI=1S/2C11H24N2O2/c1-5-8-13(9-6-7-12)10(14)15-11(2,3)4;1-5-7-12-8-6-9-13-10(14)15-11(2,3)4/h5-9,12H2,1-4H3;12H,5-9H2,1-4H3,(H,13,14). The van der Waals surface area contributed by atoms with Crippen molar-refractivity contribution >= 4 is 12.2 Å². The fourth-order valence-electron chi connectivity index (χ4n) is 2.19. The fourth-order valence-corrected chi connectivity index (χ4v) is 2.19. The van der Waals surface area contributed by atoms with E-state index in [0.29, 0.717) is 19.6 Å². The molecule has 2 amide bonds. The summed E-state index contributed by atoms with van der Waals surface area (Å²) in [5, 5.41) is 5.98. The van der Waals surface area contributed by atoms with Gasteiger partial charge in [-0.3, -0.25) is 0 Å². The van der Waals surface area contributed by atoms with Crippen molar-refractivity contribution in [3.8, 4) is 0 Å². The summed E-state index contributed by atoms with van der Waals surface area (Å²) in [6.07, 6.45) is 3.25. The van der Waals surface area contributed by atoms with Gasteiger partial charge in [-0.25, -0.2) is 9.59 Å². The molecule has 0 aromatic rings. The highest BCUT2D eigenvalue weighted by molar-refractivity contribution is 5.68. The van der Waals surface area contributed by atoms with E-state index in [4.69, 9.17) is 15.2 Å². The van der Waals surface area contributed by atoms with Crippen LogP contribution in [0.2, 0.25) is 0 Å². The molecule has 0 atom stereocenters. The number of ether oxygens (including phenoxy) is 2. The second-order valence-corrected chi connectivity index (χ2v) is 9.14. The number of alkyl carbamates (subject to hydrolysis) is 1. The smallest absolute Gasteiger partial charge is 0.410 e. The van der Waals surface area contributed by atoms with Gasteiger partial charge in [0.1, 0.15) is 11.2 Å². The van der Waals surface area contributed by atoms with Crippen molar-refractivity contribution in [2.24, 2.45) is 5.73 Å². The number of nitrogens with zero attached hydrogens (tertiary/aromatic N) is 1. The van der Waals surface area contributed by atoms with Gasteiger partial charge < -0.3 is 30.7 Å². The largest absolute Gasteiger partial charge is 0.444 e. The minimum Gasteiger partial charge on any atom is -0.444 e. The van der Waals surface area contributed by atoms with Crippen LogP contribution in [-0.4, -0.2) is 67.6 Å². The van der Waals surface area contributed by atoms with E-state index in [1.54, 1.807) is 4.90 Å². The molecular weight excluding hydrogens is 384 g/mol. The summed E-state index contributed by atoms with van der Waals surface area (Å²) in [5.74, 6) is 0. The third-order valence-corrected chi connectivity index (χ3v) is 3.40. The van der Waals surface area contributed by atoms with Crippen LogP contribution in [-0.2, 0) is 9.47 Å². The number of nitrogens with two attached hydrogens (primary N) is 1. The lowest BCUT2D eigenvalue weighted by atomic mass is 10.2. The van der Waals surface area contributed by atoms with E-state index in [2.05, 4.69) is 17.6 Å². The zero-order valence-electron chi connectivity index (χ0n) is 20.7. The third kappa shape index (κ3) is 22.7. The Balaban J connectivity index is 0. The minimum atomic E-state index is -0.425. The van der Waals surface area contributed by atoms with Crippen molar-refractivity contribution in [1.82, 2.24) is 15.5 Å². The number of hydrogen-bond acceptors (Lipinski definition) is 6. The van der Waals surface area contributed by atoms with Crippen LogP contribution in [0.4, 0.5) is 9.59 Å². The monoisotopic (exact) mass is 432 g/mol. The lowest BCUT2D eigenvalue weighted by molar-refractivity contribution is 0.0248. The maximum Gasteiger partial charge on any atom is 0.410 e. The molecule has 0 saturated carbocycles. The van der Waals surface area contributed by atoms with E-state index >= 15 is 0 Å². The first-order valence-electron chi connectivity index (χ1n) is 11.2. The zero-order chi connectivity index (χ0) is 23.6. The van der Waals surface area contributed by atoms with Crippen LogP contribution in [0.3, 0.4) is 0 Å². The molecule has 0 saturated heterocycles. The minimum absolute atomic E-state index is 0.238. The summed E-state index contributed by atoms with van der Waals surface area (Å²) in [6.45, 7) is 20.0. The highest BCUT2D eigenvalue weighted by Crippen LogP contribution is 2.10. The molecule has 0 radical (unpaired) electrons. The SMILES string of the molecule is CCCN(CCCN)C(=O)OC(C)(C)C.CCCNCCCNC(=O)OC(C)(C)C. The van der Waals surface area contributed by atoms with E-state index in [-0.39, 0.29) is 12.2 Å². The van der Waals surface area contributed by atoms with Gasteiger partial charge in [0.2, 0.25) is 0 Å². The van der Waals surface area contributed by atoms with Gasteiger partial charge in [0, 0.05) is 19.6 Å². The molecule has 0 aliphatic heterocycles. The van der Waals surface area contributed by atoms with Crippen molar-refractivity contribution in [1.29, 1.82) is 0 Å². The molecule has 0 aliphatic carbocycles. The Kier molecular flexibility index (Phi) is 17.5. The van der Waals surface area contributed by atoms with Crippen LogP contribution in [0.25, 0.3) is 0 Å². The molecule has 0 fully saturated rings. The molecule has 30 heavy (non-hydrogen) atoms. The van der Waals surface area contributed by atoms with E-state index < -0.39 is 11.2 Å². The quantitative estimate of drug-likeness (QED) is 0.428. The van der Waals surface area contributed by atoms with Gasteiger partial charge in [-0.15, -0.1) is 0 Å². The summed E-state index contributed by atoms with van der Waals surface area (Å²) in [4.78, 5) is 24.6. The van der Waals surface area contributed by atoms with Gasteiger partial charge in [-0.1, -0.05) is 13.8 Å². The van der Waals surface area contributed by atoms with Crippen LogP contribution in [0.1, 0.15) is 81.1 Å². The van der Waals surface area contributed by atoms with Crippen LogP contribution in [0.5, 0.6) is 0 Å². The maximum atomic E-state index is 11.7. The second-order valence-electron chi connectivity index (χ2n) is 9.14. The lowest BCUT2D eigenvalue weighted by Gasteiger charge is -2.27. The topological polar surface area (TPSA) is 106 Å². The predicted octanol–water partition coefficient (Wildman–Crippen LogP) is 3.88. The Bertz CT molecular complexity index is 445. The molecule has 0 aromatic carbocycles. The Hall–Kier alpha value is -1.54. The molecule has 0 unspecified atom stereocenters. The Labute approximate surface area is 184 Å². The molecule has 180 valence electrons. The second kappa shape index (κ2) is 17.2. The van der Waals surface area contributed by atoms with Crippen molar-refractivity contribution in [3.63, 3.8) is 0 Å². The van der Waals surface area contributed by atoms with Crippen LogP contribution in [0, 0.1) is 0 Å². The summed E-state index contributed by atoms with van der Waals surface area (Å²) in [5.41, 5.74) is 4.58. The third-order valence-electron chi connectivity index (χ3n) is 3.40. The summed E-state index contributed by atoms with van der Waals surface area (Å²) in [6, 6.07) is 0. The number of hydrogen-bond donors (Lipinski definition) is 3. The van der Waals surface area contributed by atoms with Crippen molar-refractivity contribution in [2.45, 2.75) is 92.3 Å². The van der Waals surface area contributed by atoms with Crippen LogP contribution >= 0.6 is 0 Å². The highest BCUT2D eigenvalue weighted by atomic mass is 16.6. The number of nitrogens with one attached hydrogen (secondary N) is 2. The molecule has 4 N–H and O–H groups in total. The first-order chi connectivity index (χ1) is 13.9. The summed E-state index contributed by atoms with van der Waals surface area (Å²) in [7, 11) is 0. The lowest BCUT2D eigenvalue weighted by Crippen LogP contribution is -2.38. The molecule has 8 heteroatoms. The van der Waals surface area contributed by atoms with Crippen molar-refractivity contribution in [3.05, 3.63) is 0 Å². The van der Waals surface area contributed by atoms with Crippen molar-refractivity contribution in [2.75, 3.05) is 39.3 Å². The molecular formula is C22H48N4O4. The average molecular weight is 433 g/mol. The normalized spacial score (nSPS) is 11.2. The van der Waals surface area contributed by atoms with Crippen LogP contribution < -0.4 is 16.4 Å². The van der Waals surface area contributed by atoms with Gasteiger partial charge in [-0.05, 0) is 86.9 Å². The number of amides is 2. The molecule has 0 aromatic heterocycles. The summed E-state index contributed by atoms with van der Waals surface area (Å²) >= 11 is 0.